The average molecular weight is 389 g/mol. The highest BCUT2D eigenvalue weighted by Gasteiger charge is 2.26. The topological polar surface area (TPSA) is 99.0 Å². The Hall–Kier alpha value is -3.19. The number of aliphatic hydroxyl groups excluding tert-OH is 1. The fraction of sp³-hybridized carbons (Fsp3) is 0.318. The van der Waals surface area contributed by atoms with Gasteiger partial charge < -0.3 is 10.8 Å². The molecule has 1 aromatic carbocycles. The van der Waals surface area contributed by atoms with E-state index in [0.29, 0.717) is 5.82 Å². The van der Waals surface area contributed by atoms with Gasteiger partial charge in [-0.15, -0.1) is 0 Å². The fourth-order valence-electron chi connectivity index (χ4n) is 4.44. The summed E-state index contributed by atoms with van der Waals surface area (Å²) in [4.78, 5) is 21.9. The van der Waals surface area contributed by atoms with Crippen molar-refractivity contribution in [3.8, 4) is 11.1 Å². The number of imidazole rings is 1. The van der Waals surface area contributed by atoms with Gasteiger partial charge >= 0.3 is 5.69 Å². The number of benzene rings is 1. The van der Waals surface area contributed by atoms with E-state index in [0.717, 1.165) is 58.7 Å². The summed E-state index contributed by atoms with van der Waals surface area (Å²) in [6.45, 7) is 0. The number of nitrogens with zero attached hydrogens (tertiary/aromatic N) is 4. The summed E-state index contributed by atoms with van der Waals surface area (Å²) in [6.07, 6.45) is 6.30. The predicted molar refractivity (Wildman–Crippen MR) is 114 cm³/mol. The van der Waals surface area contributed by atoms with Gasteiger partial charge in [0.2, 0.25) is 0 Å². The van der Waals surface area contributed by atoms with Crippen molar-refractivity contribution in [3.05, 3.63) is 53.2 Å². The van der Waals surface area contributed by atoms with E-state index in [-0.39, 0.29) is 17.8 Å². The minimum absolute atomic E-state index is 0.0322. The highest BCUT2D eigenvalue weighted by molar-refractivity contribution is 6.04. The molecule has 1 fully saturated rings. The zero-order valence-electron chi connectivity index (χ0n) is 16.2. The normalized spacial score (nSPS) is 19.8. The second-order valence-electron chi connectivity index (χ2n) is 7.87. The molecular weight excluding hydrogens is 366 g/mol. The van der Waals surface area contributed by atoms with Gasteiger partial charge in [0, 0.05) is 30.2 Å². The Bertz CT molecular complexity index is 1260. The van der Waals surface area contributed by atoms with Crippen molar-refractivity contribution < 1.29 is 5.11 Å². The molecule has 7 nitrogen and oxygen atoms in total. The van der Waals surface area contributed by atoms with Crippen LogP contribution in [-0.2, 0) is 7.05 Å². The Labute approximate surface area is 167 Å². The molecule has 3 heterocycles. The largest absolute Gasteiger partial charge is 0.393 e. The zero-order valence-corrected chi connectivity index (χ0v) is 16.2. The quantitative estimate of drug-likeness (QED) is 0.549. The SMILES string of the molecule is Cn1c(=O)n([C@H]2CC[C@H](O)CC2)c2c3cc(-c4ccc(N)nc4)ccc3ncc21. The second-order valence-corrected chi connectivity index (χ2v) is 7.87. The van der Waals surface area contributed by atoms with Crippen LogP contribution in [0.15, 0.2) is 47.5 Å². The standard InChI is InChI=1S/C22H23N5O2/c1-26-19-12-24-18-8-2-13(14-3-9-20(23)25-11-14)10-17(18)21(19)27(22(26)29)15-4-6-16(28)7-5-15/h2-3,8-12,15-16,28H,4-7H2,1H3,(H2,23,25)/t15-,16-. The van der Waals surface area contributed by atoms with E-state index in [1.54, 1.807) is 30.1 Å². The van der Waals surface area contributed by atoms with E-state index >= 15 is 0 Å². The molecule has 148 valence electrons. The van der Waals surface area contributed by atoms with Gasteiger partial charge in [0.15, 0.2) is 0 Å². The van der Waals surface area contributed by atoms with E-state index in [1.165, 1.54) is 0 Å². The summed E-state index contributed by atoms with van der Waals surface area (Å²) in [5, 5.41) is 10.8. The maximum Gasteiger partial charge on any atom is 0.329 e. The number of nitrogen functional groups attached to an aromatic ring is 1. The molecule has 0 unspecified atom stereocenters. The number of hydrogen-bond donors (Lipinski definition) is 2. The molecule has 1 saturated carbocycles. The summed E-state index contributed by atoms with van der Waals surface area (Å²) in [5.41, 5.74) is 10.2. The number of nitrogens with two attached hydrogens (primary N) is 1. The van der Waals surface area contributed by atoms with Gasteiger partial charge in [0.25, 0.3) is 0 Å². The van der Waals surface area contributed by atoms with Crippen molar-refractivity contribution in [1.82, 2.24) is 19.1 Å². The third-order valence-corrected chi connectivity index (χ3v) is 6.07. The predicted octanol–water partition coefficient (Wildman–Crippen LogP) is 3.01. The van der Waals surface area contributed by atoms with Crippen molar-refractivity contribution >= 4 is 27.8 Å². The van der Waals surface area contributed by atoms with E-state index in [4.69, 9.17) is 5.73 Å². The highest BCUT2D eigenvalue weighted by atomic mass is 16.3. The van der Waals surface area contributed by atoms with Crippen LogP contribution in [-0.4, -0.2) is 30.3 Å². The maximum atomic E-state index is 13.1. The monoisotopic (exact) mass is 389 g/mol. The van der Waals surface area contributed by atoms with Gasteiger partial charge in [0.1, 0.15) is 5.82 Å². The molecular formula is C22H23N5O2. The number of anilines is 1. The zero-order chi connectivity index (χ0) is 20.1. The van der Waals surface area contributed by atoms with E-state index in [1.807, 2.05) is 22.8 Å². The summed E-state index contributed by atoms with van der Waals surface area (Å²) in [6, 6.07) is 9.87. The Morgan fingerprint density at radius 3 is 2.52 bits per heavy atom. The lowest BCUT2D eigenvalue weighted by atomic mass is 9.92. The van der Waals surface area contributed by atoms with E-state index in [2.05, 4.69) is 16.0 Å². The third-order valence-electron chi connectivity index (χ3n) is 6.07. The second kappa shape index (κ2) is 6.70. The molecule has 0 spiro atoms. The summed E-state index contributed by atoms with van der Waals surface area (Å²) in [5.74, 6) is 0.481. The van der Waals surface area contributed by atoms with Crippen molar-refractivity contribution in [3.63, 3.8) is 0 Å². The molecule has 0 radical (unpaired) electrons. The molecule has 1 aliphatic rings. The minimum atomic E-state index is -0.264. The molecule has 5 rings (SSSR count). The van der Waals surface area contributed by atoms with Crippen LogP contribution in [0.25, 0.3) is 33.1 Å². The van der Waals surface area contributed by atoms with Gasteiger partial charge in [0.05, 0.1) is 28.9 Å². The number of rotatable bonds is 2. The van der Waals surface area contributed by atoms with Crippen LogP contribution in [0.3, 0.4) is 0 Å². The molecule has 4 aromatic rings. The molecule has 0 atom stereocenters. The first-order chi connectivity index (χ1) is 14.0. The molecule has 29 heavy (non-hydrogen) atoms. The molecule has 1 aliphatic carbocycles. The maximum absolute atomic E-state index is 13.1. The molecule has 0 saturated heterocycles. The Balaban J connectivity index is 1.76. The van der Waals surface area contributed by atoms with Gasteiger partial charge in [-0.1, -0.05) is 6.07 Å². The van der Waals surface area contributed by atoms with Crippen molar-refractivity contribution in [2.75, 3.05) is 5.73 Å². The van der Waals surface area contributed by atoms with Crippen LogP contribution < -0.4 is 11.4 Å². The van der Waals surface area contributed by atoms with Gasteiger partial charge in [-0.05, 0) is 55.5 Å². The summed E-state index contributed by atoms with van der Waals surface area (Å²) < 4.78 is 3.58. The molecule has 7 heteroatoms. The lowest BCUT2D eigenvalue weighted by Gasteiger charge is -2.26. The number of hydrogen-bond acceptors (Lipinski definition) is 5. The first-order valence-corrected chi connectivity index (χ1v) is 9.92. The van der Waals surface area contributed by atoms with Crippen LogP contribution in [0.4, 0.5) is 5.82 Å². The fourth-order valence-corrected chi connectivity index (χ4v) is 4.44. The van der Waals surface area contributed by atoms with Crippen LogP contribution >= 0.6 is 0 Å². The van der Waals surface area contributed by atoms with Crippen molar-refractivity contribution in [2.45, 2.75) is 37.8 Å². The highest BCUT2D eigenvalue weighted by Crippen LogP contribution is 2.34. The van der Waals surface area contributed by atoms with Crippen LogP contribution in [0, 0.1) is 0 Å². The molecule has 0 amide bonds. The Morgan fingerprint density at radius 1 is 1.03 bits per heavy atom. The molecule has 3 aromatic heterocycles. The van der Waals surface area contributed by atoms with Crippen LogP contribution in [0.2, 0.25) is 0 Å². The number of aryl methyl sites for hydroxylation is 1. The number of pyridine rings is 2. The van der Waals surface area contributed by atoms with E-state index < -0.39 is 0 Å². The van der Waals surface area contributed by atoms with Gasteiger partial charge in [-0.2, -0.15) is 0 Å². The first kappa shape index (κ1) is 17.9. The number of aliphatic hydroxyl groups is 1. The van der Waals surface area contributed by atoms with Crippen molar-refractivity contribution in [2.24, 2.45) is 7.05 Å². The average Bonchev–Trinajstić information content (AvgIpc) is 3.00. The lowest BCUT2D eigenvalue weighted by molar-refractivity contribution is 0.111. The molecule has 0 bridgehead atoms. The van der Waals surface area contributed by atoms with Gasteiger partial charge in [-0.25, -0.2) is 9.78 Å². The summed E-state index contributed by atoms with van der Waals surface area (Å²) in [7, 11) is 1.79. The number of aromatic nitrogens is 4. The molecule has 0 aliphatic heterocycles. The minimum Gasteiger partial charge on any atom is -0.393 e. The van der Waals surface area contributed by atoms with E-state index in [9.17, 15) is 9.90 Å². The lowest BCUT2D eigenvalue weighted by Crippen LogP contribution is -2.29. The Kier molecular flexibility index (Phi) is 4.13. The Morgan fingerprint density at radius 2 is 1.79 bits per heavy atom. The third kappa shape index (κ3) is 2.89. The molecule has 3 N–H and O–H groups in total. The smallest absolute Gasteiger partial charge is 0.329 e. The first-order valence-electron chi connectivity index (χ1n) is 9.92. The van der Waals surface area contributed by atoms with Crippen LogP contribution in [0.5, 0.6) is 0 Å². The van der Waals surface area contributed by atoms with Crippen molar-refractivity contribution in [1.29, 1.82) is 0 Å². The van der Waals surface area contributed by atoms with Gasteiger partial charge in [-0.3, -0.25) is 14.1 Å². The summed E-state index contributed by atoms with van der Waals surface area (Å²) >= 11 is 0. The number of fused-ring (bicyclic) bond motifs is 3. The van der Waals surface area contributed by atoms with Crippen LogP contribution in [0.1, 0.15) is 31.7 Å².